The van der Waals surface area contributed by atoms with Crippen molar-refractivity contribution in [2.75, 3.05) is 11.1 Å². The highest BCUT2D eigenvalue weighted by atomic mass is 32.2. The lowest BCUT2D eigenvalue weighted by Gasteiger charge is -2.06. The van der Waals surface area contributed by atoms with Crippen molar-refractivity contribution >= 4 is 38.9 Å². The Hall–Kier alpha value is -2.50. The smallest absolute Gasteiger partial charge is 0.248 e. The second-order valence-corrected chi connectivity index (χ2v) is 8.60. The molecule has 1 aliphatic carbocycles. The zero-order valence-electron chi connectivity index (χ0n) is 13.7. The van der Waals surface area contributed by atoms with Gasteiger partial charge in [-0.2, -0.15) is 9.67 Å². The largest absolute Gasteiger partial charge is 0.368 e. The third kappa shape index (κ3) is 3.28. The molecule has 3 aromatic rings. The summed E-state index contributed by atoms with van der Waals surface area (Å²) >= 11 is 1.59. The summed E-state index contributed by atoms with van der Waals surface area (Å²) < 4.78 is 24.1. The van der Waals surface area contributed by atoms with Crippen molar-refractivity contribution < 1.29 is 8.42 Å². The maximum Gasteiger partial charge on any atom is 0.248 e. The van der Waals surface area contributed by atoms with Gasteiger partial charge in [-0.15, -0.1) is 5.10 Å². The van der Waals surface area contributed by atoms with E-state index >= 15 is 0 Å². The Morgan fingerprint density at radius 3 is 2.54 bits per heavy atom. The second kappa shape index (κ2) is 6.34. The maximum atomic E-state index is 11.3. The number of nitrogens with one attached hydrogen (secondary N) is 1. The van der Waals surface area contributed by atoms with Gasteiger partial charge in [-0.1, -0.05) is 11.3 Å². The molecule has 9 nitrogen and oxygen atoms in total. The van der Waals surface area contributed by atoms with E-state index in [-0.39, 0.29) is 10.8 Å². The van der Waals surface area contributed by atoms with E-state index in [1.807, 2.05) is 0 Å². The molecule has 0 unspecified atom stereocenters. The molecule has 0 spiro atoms. The van der Waals surface area contributed by atoms with Crippen molar-refractivity contribution in [3.05, 3.63) is 34.8 Å². The van der Waals surface area contributed by atoms with Crippen LogP contribution in [0.5, 0.6) is 0 Å². The summed E-state index contributed by atoms with van der Waals surface area (Å²) in [6, 6.07) is 5.98. The zero-order chi connectivity index (χ0) is 18.3. The highest BCUT2D eigenvalue weighted by Crippen LogP contribution is 2.29. The van der Waals surface area contributed by atoms with Gasteiger partial charge in [0.05, 0.1) is 10.6 Å². The van der Waals surface area contributed by atoms with Crippen LogP contribution in [0.1, 0.15) is 23.4 Å². The van der Waals surface area contributed by atoms with E-state index in [1.165, 1.54) is 28.1 Å². The Bertz CT molecular complexity index is 1030. The average Bonchev–Trinajstić information content (AvgIpc) is 3.17. The van der Waals surface area contributed by atoms with Gasteiger partial charge in [-0.05, 0) is 49.9 Å². The summed E-state index contributed by atoms with van der Waals surface area (Å²) in [5.74, 6) is 0.541. The summed E-state index contributed by atoms with van der Waals surface area (Å²) in [5, 5.41) is 13.2. The van der Waals surface area contributed by atoms with E-state index in [0.29, 0.717) is 16.8 Å². The van der Waals surface area contributed by atoms with Gasteiger partial charge in [0, 0.05) is 10.6 Å². The maximum absolute atomic E-state index is 11.3. The van der Waals surface area contributed by atoms with Crippen molar-refractivity contribution in [2.45, 2.75) is 30.6 Å². The Kier molecular flexibility index (Phi) is 4.13. The van der Waals surface area contributed by atoms with Crippen LogP contribution in [0.3, 0.4) is 0 Å². The number of nitrogens with two attached hydrogens (primary N) is 2. The number of aromatic nitrogens is 4. The summed E-state index contributed by atoms with van der Waals surface area (Å²) in [6.07, 6.45) is 4.37. The van der Waals surface area contributed by atoms with Crippen molar-refractivity contribution in [1.29, 1.82) is 0 Å². The van der Waals surface area contributed by atoms with E-state index in [0.717, 1.165) is 25.0 Å². The molecule has 5 N–H and O–H groups in total. The summed E-state index contributed by atoms with van der Waals surface area (Å²) in [7, 11) is -3.72. The van der Waals surface area contributed by atoms with E-state index in [1.54, 1.807) is 23.5 Å². The van der Waals surface area contributed by atoms with Gasteiger partial charge < -0.3 is 11.1 Å². The molecule has 4 rings (SSSR count). The zero-order valence-corrected chi connectivity index (χ0v) is 15.3. The van der Waals surface area contributed by atoms with E-state index < -0.39 is 10.0 Å². The number of hydrogen-bond acceptors (Lipinski definition) is 8. The monoisotopic (exact) mass is 391 g/mol. The van der Waals surface area contributed by atoms with Gasteiger partial charge in [-0.25, -0.2) is 18.5 Å². The van der Waals surface area contributed by atoms with Gasteiger partial charge in [0.1, 0.15) is 0 Å². The molecule has 26 heavy (non-hydrogen) atoms. The molecule has 0 amide bonds. The lowest BCUT2D eigenvalue weighted by atomic mass is 10.0. The van der Waals surface area contributed by atoms with Gasteiger partial charge in [0.2, 0.25) is 27.1 Å². The molecule has 136 valence electrons. The molecular weight excluding hydrogens is 374 g/mol. The topological polar surface area (TPSA) is 142 Å². The fourth-order valence-electron chi connectivity index (χ4n) is 2.80. The molecule has 0 saturated heterocycles. The number of nitrogens with zero attached hydrogens (tertiary/aromatic N) is 4. The molecule has 0 aliphatic heterocycles. The number of anilines is 3. The molecule has 0 saturated carbocycles. The van der Waals surface area contributed by atoms with Crippen LogP contribution in [0.4, 0.5) is 17.6 Å². The molecule has 1 aromatic carbocycles. The molecule has 2 aromatic heterocycles. The van der Waals surface area contributed by atoms with Crippen LogP contribution in [0, 0.1) is 0 Å². The van der Waals surface area contributed by atoms with Crippen molar-refractivity contribution in [3.63, 3.8) is 0 Å². The molecule has 0 atom stereocenters. The van der Waals surface area contributed by atoms with Crippen molar-refractivity contribution in [1.82, 2.24) is 19.7 Å². The van der Waals surface area contributed by atoms with Gasteiger partial charge >= 0.3 is 0 Å². The lowest BCUT2D eigenvalue weighted by molar-refractivity contribution is 0.598. The predicted octanol–water partition coefficient (Wildman–Crippen LogP) is 1.58. The first kappa shape index (κ1) is 16.9. The minimum Gasteiger partial charge on any atom is -0.368 e. The lowest BCUT2D eigenvalue weighted by Crippen LogP contribution is -2.11. The van der Waals surface area contributed by atoms with Crippen LogP contribution in [-0.4, -0.2) is 28.2 Å². The summed E-state index contributed by atoms with van der Waals surface area (Å²) in [4.78, 5) is 10.2. The van der Waals surface area contributed by atoms with Crippen LogP contribution >= 0.6 is 11.3 Å². The van der Waals surface area contributed by atoms with Crippen LogP contribution in [0.25, 0.3) is 5.13 Å². The molecule has 0 fully saturated rings. The highest BCUT2D eigenvalue weighted by Gasteiger charge is 2.19. The van der Waals surface area contributed by atoms with Gasteiger partial charge in [-0.3, -0.25) is 0 Å². The summed E-state index contributed by atoms with van der Waals surface area (Å²) in [5.41, 5.74) is 7.73. The fourth-order valence-corrected chi connectivity index (χ4v) is 4.43. The van der Waals surface area contributed by atoms with Crippen molar-refractivity contribution in [2.24, 2.45) is 5.14 Å². The first-order valence-electron chi connectivity index (χ1n) is 8.01. The number of hydrogen-bond donors (Lipinski definition) is 3. The van der Waals surface area contributed by atoms with Crippen LogP contribution in [0.15, 0.2) is 29.2 Å². The number of aryl methyl sites for hydroxylation is 2. The highest BCUT2D eigenvalue weighted by molar-refractivity contribution is 7.89. The third-order valence-electron chi connectivity index (χ3n) is 4.09. The first-order valence-corrected chi connectivity index (χ1v) is 10.4. The van der Waals surface area contributed by atoms with Crippen LogP contribution in [-0.2, 0) is 22.9 Å². The van der Waals surface area contributed by atoms with Crippen molar-refractivity contribution in [3.8, 4) is 5.13 Å². The predicted molar refractivity (Wildman–Crippen MR) is 99.2 cm³/mol. The summed E-state index contributed by atoms with van der Waals surface area (Å²) in [6.45, 7) is 0. The van der Waals surface area contributed by atoms with Gasteiger partial charge in [0.15, 0.2) is 0 Å². The van der Waals surface area contributed by atoms with E-state index in [2.05, 4.69) is 20.4 Å². The van der Waals surface area contributed by atoms with Crippen LogP contribution in [0.2, 0.25) is 0 Å². The number of sulfonamides is 1. The molecule has 1 aliphatic rings. The first-order chi connectivity index (χ1) is 12.4. The molecule has 11 heteroatoms. The second-order valence-electron chi connectivity index (χ2n) is 5.97. The van der Waals surface area contributed by atoms with Crippen LogP contribution < -0.4 is 16.2 Å². The average molecular weight is 391 g/mol. The Morgan fingerprint density at radius 1 is 1.12 bits per heavy atom. The quantitative estimate of drug-likeness (QED) is 0.613. The Morgan fingerprint density at radius 2 is 1.85 bits per heavy atom. The number of benzene rings is 1. The van der Waals surface area contributed by atoms with E-state index in [4.69, 9.17) is 10.9 Å². The van der Waals surface area contributed by atoms with E-state index in [9.17, 15) is 8.42 Å². The number of thiazole rings is 1. The molecule has 0 bridgehead atoms. The standard InChI is InChI=1S/C15H17N7O2S2/c16-13-20-14(18-9-5-7-10(8-6-9)26(17,23)24)21-22(13)15-19-11-3-1-2-4-12(11)25-15/h5-8H,1-4H2,(H2,17,23,24)(H3,16,18,20,21). The Labute approximate surface area is 154 Å². The third-order valence-corrected chi connectivity index (χ3v) is 6.15. The molecule has 0 radical (unpaired) electrons. The normalized spacial score (nSPS) is 14.2. The molecular formula is C15H17N7O2S2. The minimum atomic E-state index is -3.72. The SMILES string of the molecule is Nc1nc(Nc2ccc(S(N)(=O)=O)cc2)nn1-c1nc2c(s1)CCCC2. The fraction of sp³-hybridized carbons (Fsp3) is 0.267. The Balaban J connectivity index is 1.58. The number of nitrogen functional groups attached to an aromatic ring is 1. The molecule has 2 heterocycles. The number of primary sulfonamides is 1. The minimum absolute atomic E-state index is 0.0365. The number of fused-ring (bicyclic) bond motifs is 1. The number of rotatable bonds is 4. The van der Waals surface area contributed by atoms with Gasteiger partial charge in [0.25, 0.3) is 0 Å².